The van der Waals surface area contributed by atoms with Crippen molar-refractivity contribution in [1.29, 1.82) is 0 Å². The van der Waals surface area contributed by atoms with E-state index in [0.29, 0.717) is 12.3 Å². The third-order valence-electron chi connectivity index (χ3n) is 4.45. The molecule has 0 unspecified atom stereocenters. The molecule has 0 aromatic heterocycles. The van der Waals surface area contributed by atoms with Crippen LogP contribution in [0.4, 0.5) is 0 Å². The van der Waals surface area contributed by atoms with Crippen LogP contribution < -0.4 is 5.32 Å². The Bertz CT molecular complexity index is 555. The van der Waals surface area contributed by atoms with Crippen LogP contribution in [-0.4, -0.2) is 29.4 Å². The first-order chi connectivity index (χ1) is 12.8. The maximum Gasteiger partial charge on any atom is 0.321 e. The van der Waals surface area contributed by atoms with Crippen molar-refractivity contribution in [2.45, 2.75) is 79.2 Å². The van der Waals surface area contributed by atoms with Crippen molar-refractivity contribution in [3.63, 3.8) is 0 Å². The SMILES string of the molecule is CC(C)=CCC/C(C)=C/CC/C(C)=C/CC/C(C)=C/CN[C@@H](CS)C(=O)O. The Labute approximate surface area is 172 Å². The highest BCUT2D eigenvalue weighted by Crippen LogP contribution is 2.13. The van der Waals surface area contributed by atoms with Gasteiger partial charge in [0.1, 0.15) is 6.04 Å². The Morgan fingerprint density at radius 3 is 1.70 bits per heavy atom. The number of carboxylic acid groups (broad SMARTS) is 1. The minimum atomic E-state index is -0.851. The molecule has 0 aliphatic carbocycles. The van der Waals surface area contributed by atoms with Gasteiger partial charge < -0.3 is 10.4 Å². The van der Waals surface area contributed by atoms with E-state index >= 15 is 0 Å². The predicted molar refractivity (Wildman–Crippen MR) is 122 cm³/mol. The van der Waals surface area contributed by atoms with Crippen LogP contribution in [-0.2, 0) is 4.79 Å². The summed E-state index contributed by atoms with van der Waals surface area (Å²) in [7, 11) is 0. The van der Waals surface area contributed by atoms with Gasteiger partial charge >= 0.3 is 5.97 Å². The molecule has 0 aromatic carbocycles. The van der Waals surface area contributed by atoms with Crippen LogP contribution in [0.1, 0.15) is 73.1 Å². The third-order valence-corrected chi connectivity index (χ3v) is 4.81. The van der Waals surface area contributed by atoms with Crippen molar-refractivity contribution in [1.82, 2.24) is 5.32 Å². The maximum absolute atomic E-state index is 10.9. The molecule has 0 bridgehead atoms. The van der Waals surface area contributed by atoms with Gasteiger partial charge in [-0.05, 0) is 73.1 Å². The van der Waals surface area contributed by atoms with Crippen molar-refractivity contribution < 1.29 is 9.90 Å². The number of hydrogen-bond donors (Lipinski definition) is 3. The van der Waals surface area contributed by atoms with Crippen molar-refractivity contribution in [2.75, 3.05) is 12.3 Å². The van der Waals surface area contributed by atoms with Gasteiger partial charge in [-0.3, -0.25) is 4.79 Å². The normalized spacial score (nSPS) is 14.2. The lowest BCUT2D eigenvalue weighted by molar-refractivity contribution is -0.138. The van der Waals surface area contributed by atoms with Crippen LogP contribution in [0.5, 0.6) is 0 Å². The van der Waals surface area contributed by atoms with E-state index in [1.165, 1.54) is 22.3 Å². The fourth-order valence-electron chi connectivity index (χ4n) is 2.59. The number of carboxylic acids is 1. The number of hydrogen-bond acceptors (Lipinski definition) is 3. The second kappa shape index (κ2) is 15.8. The van der Waals surface area contributed by atoms with Crippen molar-refractivity contribution >= 4 is 18.6 Å². The van der Waals surface area contributed by atoms with Crippen molar-refractivity contribution in [2.24, 2.45) is 0 Å². The average molecular weight is 394 g/mol. The number of rotatable bonds is 14. The average Bonchev–Trinajstić information content (AvgIpc) is 2.58. The Kier molecular flexibility index (Phi) is 15.0. The van der Waals surface area contributed by atoms with Gasteiger partial charge in [0.2, 0.25) is 0 Å². The largest absolute Gasteiger partial charge is 0.480 e. The van der Waals surface area contributed by atoms with Crippen LogP contribution in [0.25, 0.3) is 0 Å². The second-order valence-electron chi connectivity index (χ2n) is 7.53. The van der Waals surface area contributed by atoms with Crippen LogP contribution in [0, 0.1) is 0 Å². The summed E-state index contributed by atoms with van der Waals surface area (Å²) >= 11 is 4.05. The van der Waals surface area contributed by atoms with E-state index < -0.39 is 12.0 Å². The van der Waals surface area contributed by atoms with E-state index in [-0.39, 0.29) is 0 Å². The van der Waals surface area contributed by atoms with Crippen molar-refractivity contribution in [3.8, 4) is 0 Å². The van der Waals surface area contributed by atoms with Gasteiger partial charge in [-0.15, -0.1) is 0 Å². The monoisotopic (exact) mass is 393 g/mol. The second-order valence-corrected chi connectivity index (χ2v) is 7.90. The molecule has 0 saturated carbocycles. The molecule has 0 aliphatic heterocycles. The molecule has 0 heterocycles. The molecule has 0 aliphatic rings. The summed E-state index contributed by atoms with van der Waals surface area (Å²) < 4.78 is 0. The molecule has 0 aromatic rings. The molecule has 27 heavy (non-hydrogen) atoms. The zero-order valence-electron chi connectivity index (χ0n) is 17.8. The summed E-state index contributed by atoms with van der Waals surface area (Å²) in [5.41, 5.74) is 5.60. The van der Waals surface area contributed by atoms with E-state index in [4.69, 9.17) is 5.11 Å². The summed E-state index contributed by atoms with van der Waals surface area (Å²) in [5, 5.41) is 11.9. The molecule has 1 atom stereocenters. The molecule has 0 saturated heterocycles. The lowest BCUT2D eigenvalue weighted by Crippen LogP contribution is -2.38. The fourth-order valence-corrected chi connectivity index (χ4v) is 2.88. The van der Waals surface area contributed by atoms with Crippen molar-refractivity contribution in [3.05, 3.63) is 46.6 Å². The minimum absolute atomic E-state index is 0.299. The zero-order chi connectivity index (χ0) is 20.7. The fraction of sp³-hybridized carbons (Fsp3) is 0.609. The van der Waals surface area contributed by atoms with Gasteiger partial charge in [-0.1, -0.05) is 46.6 Å². The summed E-state index contributed by atoms with van der Waals surface area (Å²) in [6, 6.07) is -0.585. The number of aliphatic carboxylic acids is 1. The van der Waals surface area contributed by atoms with Gasteiger partial charge in [-0.2, -0.15) is 12.6 Å². The highest BCUT2D eigenvalue weighted by molar-refractivity contribution is 7.80. The predicted octanol–water partition coefficient (Wildman–Crippen LogP) is 6.10. The Morgan fingerprint density at radius 2 is 1.30 bits per heavy atom. The highest BCUT2D eigenvalue weighted by atomic mass is 32.1. The first-order valence-electron chi connectivity index (χ1n) is 9.93. The van der Waals surface area contributed by atoms with Gasteiger partial charge in [0.25, 0.3) is 0 Å². The summed E-state index contributed by atoms with van der Waals surface area (Å²) in [6.45, 7) is 11.4. The van der Waals surface area contributed by atoms with Crippen LogP contribution >= 0.6 is 12.6 Å². The van der Waals surface area contributed by atoms with Crippen LogP contribution in [0.15, 0.2) is 46.6 Å². The quantitative estimate of drug-likeness (QED) is 0.247. The molecule has 4 heteroatoms. The Hall–Kier alpha value is -1.26. The van der Waals surface area contributed by atoms with Gasteiger partial charge in [0.15, 0.2) is 0 Å². The van der Waals surface area contributed by atoms with E-state index in [0.717, 1.165) is 38.5 Å². The number of nitrogens with one attached hydrogen (secondary N) is 1. The van der Waals surface area contributed by atoms with E-state index in [1.807, 2.05) is 0 Å². The third kappa shape index (κ3) is 15.5. The number of thiol groups is 1. The van der Waals surface area contributed by atoms with Gasteiger partial charge in [-0.25, -0.2) is 0 Å². The van der Waals surface area contributed by atoms with E-state index in [2.05, 4.69) is 76.9 Å². The van der Waals surface area contributed by atoms with Gasteiger partial charge in [0.05, 0.1) is 0 Å². The Balaban J connectivity index is 4.08. The molecule has 3 nitrogen and oxygen atoms in total. The lowest BCUT2D eigenvalue weighted by atomic mass is 10.0. The first-order valence-corrected chi connectivity index (χ1v) is 10.6. The van der Waals surface area contributed by atoms with E-state index in [1.54, 1.807) is 0 Å². The standard InChI is InChI=1S/C23H39NO2S/c1-18(2)9-6-10-19(3)11-7-12-20(4)13-8-14-21(5)15-16-24-22(17-27)23(25)26/h9,11,13,15,22,24,27H,6-8,10,12,14,16-17H2,1-5H3,(H,25,26)/b19-11+,20-13+,21-15+/t22-/m0/s1. The zero-order valence-corrected chi connectivity index (χ0v) is 18.7. The molecule has 0 rings (SSSR count). The molecule has 0 fully saturated rings. The molecule has 0 spiro atoms. The summed E-state index contributed by atoms with van der Waals surface area (Å²) in [6.07, 6.45) is 15.6. The maximum atomic E-state index is 10.9. The molecular weight excluding hydrogens is 354 g/mol. The number of carbonyl (C=O) groups is 1. The first kappa shape index (κ1) is 25.7. The lowest BCUT2D eigenvalue weighted by Gasteiger charge is -2.10. The Morgan fingerprint density at radius 1 is 0.852 bits per heavy atom. The highest BCUT2D eigenvalue weighted by Gasteiger charge is 2.12. The molecule has 0 radical (unpaired) electrons. The summed E-state index contributed by atoms with van der Waals surface area (Å²) in [4.78, 5) is 10.9. The minimum Gasteiger partial charge on any atom is -0.480 e. The van der Waals surface area contributed by atoms with Gasteiger partial charge in [0, 0.05) is 12.3 Å². The molecular formula is C23H39NO2S. The number of allylic oxidation sites excluding steroid dienone is 7. The molecule has 154 valence electrons. The topological polar surface area (TPSA) is 49.3 Å². The summed E-state index contributed by atoms with van der Waals surface area (Å²) in [5.74, 6) is -0.552. The van der Waals surface area contributed by atoms with E-state index in [9.17, 15) is 4.79 Å². The van der Waals surface area contributed by atoms with Crippen LogP contribution in [0.2, 0.25) is 0 Å². The molecule has 0 amide bonds. The smallest absolute Gasteiger partial charge is 0.321 e. The molecule has 2 N–H and O–H groups in total. The van der Waals surface area contributed by atoms with Crippen LogP contribution in [0.3, 0.4) is 0 Å².